The van der Waals surface area contributed by atoms with Crippen LogP contribution in [0.3, 0.4) is 0 Å². The normalized spacial score (nSPS) is 20.6. The number of nitrogens with zero attached hydrogens (tertiary/aromatic N) is 7. The van der Waals surface area contributed by atoms with Gasteiger partial charge in [-0.05, 0) is 50.6 Å². The van der Waals surface area contributed by atoms with Crippen molar-refractivity contribution in [1.29, 1.82) is 0 Å². The van der Waals surface area contributed by atoms with Crippen LogP contribution in [0.5, 0.6) is 0 Å². The van der Waals surface area contributed by atoms with Gasteiger partial charge in [0.2, 0.25) is 11.9 Å². The maximum atomic E-state index is 12.8. The van der Waals surface area contributed by atoms with Gasteiger partial charge in [0.15, 0.2) is 0 Å². The molecule has 34 heavy (non-hydrogen) atoms. The number of carbonyl (C=O) groups is 2. The number of piperazine rings is 1. The molecule has 0 bridgehead atoms. The molecule has 2 aromatic rings. The molecule has 3 amide bonds. The molecule has 1 atom stereocenters. The van der Waals surface area contributed by atoms with Crippen LogP contribution in [0.2, 0.25) is 5.02 Å². The number of anilines is 1. The summed E-state index contributed by atoms with van der Waals surface area (Å²) >= 11 is 6.01. The molecule has 0 N–H and O–H groups in total. The molecule has 4 heterocycles. The Morgan fingerprint density at radius 3 is 2.38 bits per heavy atom. The number of aryl methyl sites for hydroxylation is 1. The third-order valence-corrected chi connectivity index (χ3v) is 7.37. The zero-order chi connectivity index (χ0) is 24.0. The van der Waals surface area contributed by atoms with Crippen molar-refractivity contribution >= 4 is 41.0 Å². The number of benzene rings is 1. The number of halogens is 1. The molecule has 3 aliphatic rings. The lowest BCUT2D eigenvalue weighted by Crippen LogP contribution is -2.61. The number of hydrogen-bond donors (Lipinski definition) is 0. The van der Waals surface area contributed by atoms with Crippen molar-refractivity contribution in [2.75, 3.05) is 51.7 Å². The second-order valence-electron chi connectivity index (χ2n) is 9.25. The van der Waals surface area contributed by atoms with Crippen molar-refractivity contribution in [2.45, 2.75) is 32.4 Å². The summed E-state index contributed by atoms with van der Waals surface area (Å²) < 4.78 is 4.07. The number of imide groups is 1. The standard InChI is InChI=1S/C24H31ClN7O2/c1-17-16-32-20-21(27(2)24(34)28(3)22(20)33)26-23(32)31(17)11-5-4-10-29-12-14-30(15-13-29)19-8-6-18(25)7-9-19/h6-9,16,20H,4-5,10-15H2,1-3H3/q+1. The van der Waals surface area contributed by atoms with Gasteiger partial charge in [0.1, 0.15) is 11.9 Å². The smallest absolute Gasteiger partial charge is 0.369 e. The SMILES string of the molecule is Cc1c[n+]2c(n1CCCCN1CCN(c3ccc(Cl)cc3)CC1)N=C1C2C(=O)N(C)C(=O)N1C. The lowest BCUT2D eigenvalue weighted by molar-refractivity contribution is -0.677. The minimum atomic E-state index is -0.556. The Hall–Kier alpha value is -2.91. The Kier molecular flexibility index (Phi) is 6.07. The van der Waals surface area contributed by atoms with Crippen molar-refractivity contribution in [3.63, 3.8) is 0 Å². The van der Waals surface area contributed by atoms with E-state index >= 15 is 0 Å². The van der Waals surface area contributed by atoms with Crippen LogP contribution in [0.15, 0.2) is 35.5 Å². The number of aliphatic imine (C=N–C) groups is 1. The number of amidine groups is 1. The third-order valence-electron chi connectivity index (χ3n) is 7.11. The van der Waals surface area contributed by atoms with Gasteiger partial charge in [-0.1, -0.05) is 16.6 Å². The van der Waals surface area contributed by atoms with Gasteiger partial charge >= 0.3 is 12.0 Å². The second kappa shape index (κ2) is 9.03. The molecular weight excluding hydrogens is 454 g/mol. The number of unbranched alkanes of at least 4 members (excludes halogenated alkanes) is 1. The van der Waals surface area contributed by atoms with Gasteiger partial charge in [-0.2, -0.15) is 0 Å². The fraction of sp³-hybridized carbons (Fsp3) is 0.500. The molecule has 0 aliphatic carbocycles. The number of fused-ring (bicyclic) bond motifs is 3. The average Bonchev–Trinajstić information content (AvgIpc) is 3.35. The minimum Gasteiger partial charge on any atom is -0.369 e. The van der Waals surface area contributed by atoms with E-state index < -0.39 is 6.04 Å². The summed E-state index contributed by atoms with van der Waals surface area (Å²) in [5.41, 5.74) is 2.31. The number of imidazole rings is 1. The predicted octanol–water partition coefficient (Wildman–Crippen LogP) is 2.45. The van der Waals surface area contributed by atoms with E-state index in [1.165, 1.54) is 22.5 Å². The summed E-state index contributed by atoms with van der Waals surface area (Å²) in [6, 6.07) is 7.18. The van der Waals surface area contributed by atoms with E-state index in [1.807, 2.05) is 29.8 Å². The van der Waals surface area contributed by atoms with Crippen molar-refractivity contribution < 1.29 is 14.2 Å². The van der Waals surface area contributed by atoms with Crippen LogP contribution >= 0.6 is 11.6 Å². The Morgan fingerprint density at radius 1 is 1.00 bits per heavy atom. The van der Waals surface area contributed by atoms with Gasteiger partial charge in [0, 0.05) is 51.0 Å². The first-order chi connectivity index (χ1) is 16.3. The summed E-state index contributed by atoms with van der Waals surface area (Å²) in [7, 11) is 3.20. The highest BCUT2D eigenvalue weighted by atomic mass is 35.5. The number of likely N-dealkylation sites (N-methyl/N-ethyl adjacent to an activating group) is 2. The molecule has 1 aromatic heterocycles. The van der Waals surface area contributed by atoms with Crippen molar-refractivity contribution in [3.8, 4) is 0 Å². The van der Waals surface area contributed by atoms with Crippen LogP contribution in [-0.2, 0) is 11.3 Å². The maximum Gasteiger partial charge on any atom is 0.401 e. The first-order valence-electron chi connectivity index (χ1n) is 11.8. The van der Waals surface area contributed by atoms with Crippen LogP contribution in [0.25, 0.3) is 0 Å². The molecular formula is C24H31ClN7O2+. The molecule has 0 spiro atoms. The highest BCUT2D eigenvalue weighted by Crippen LogP contribution is 2.29. The van der Waals surface area contributed by atoms with Crippen LogP contribution < -0.4 is 9.47 Å². The zero-order valence-electron chi connectivity index (χ0n) is 19.9. The number of aromatic nitrogens is 2. The Morgan fingerprint density at radius 2 is 1.68 bits per heavy atom. The molecule has 9 nitrogen and oxygen atoms in total. The number of urea groups is 1. The molecule has 2 saturated heterocycles. The van der Waals surface area contributed by atoms with E-state index in [4.69, 9.17) is 16.6 Å². The fourth-order valence-electron chi connectivity index (χ4n) is 5.07. The molecule has 10 heteroatoms. The molecule has 1 aromatic carbocycles. The van der Waals surface area contributed by atoms with Gasteiger partial charge < -0.3 is 4.90 Å². The largest absolute Gasteiger partial charge is 0.401 e. The van der Waals surface area contributed by atoms with Gasteiger partial charge in [0.25, 0.3) is 5.91 Å². The fourth-order valence-corrected chi connectivity index (χ4v) is 5.20. The maximum absolute atomic E-state index is 12.8. The second-order valence-corrected chi connectivity index (χ2v) is 9.69. The lowest BCUT2D eigenvalue weighted by atomic mass is 10.2. The third kappa shape index (κ3) is 3.96. The summed E-state index contributed by atoms with van der Waals surface area (Å²) in [6.45, 7) is 8.11. The molecule has 5 rings (SSSR count). The molecule has 0 radical (unpaired) electrons. The van der Waals surface area contributed by atoms with Crippen LogP contribution in [0.4, 0.5) is 16.4 Å². The number of rotatable bonds is 6. The number of carbonyl (C=O) groups excluding carboxylic acids is 2. The first kappa shape index (κ1) is 22.9. The first-order valence-corrected chi connectivity index (χ1v) is 12.2. The molecule has 0 saturated carbocycles. The minimum absolute atomic E-state index is 0.236. The highest BCUT2D eigenvalue weighted by molar-refractivity contribution is 6.30. The number of hydrogen-bond acceptors (Lipinski definition) is 5. The van der Waals surface area contributed by atoms with E-state index in [0.29, 0.717) is 5.84 Å². The molecule has 1 unspecified atom stereocenters. The van der Waals surface area contributed by atoms with Crippen molar-refractivity contribution in [3.05, 3.63) is 41.2 Å². The van der Waals surface area contributed by atoms with Gasteiger partial charge in [-0.15, -0.1) is 0 Å². The number of amides is 3. The quantitative estimate of drug-likeness (QED) is 0.466. The Balaban J connectivity index is 1.15. The van der Waals surface area contributed by atoms with E-state index in [2.05, 4.69) is 26.5 Å². The van der Waals surface area contributed by atoms with Crippen LogP contribution in [-0.4, -0.2) is 83.9 Å². The van der Waals surface area contributed by atoms with Crippen LogP contribution in [0, 0.1) is 6.92 Å². The average molecular weight is 485 g/mol. The molecule has 180 valence electrons. The topological polar surface area (TPSA) is 68.3 Å². The summed E-state index contributed by atoms with van der Waals surface area (Å²) in [4.78, 5) is 37.3. The lowest BCUT2D eigenvalue weighted by Gasteiger charge is -2.36. The van der Waals surface area contributed by atoms with E-state index in [0.717, 1.165) is 68.8 Å². The van der Waals surface area contributed by atoms with Gasteiger partial charge in [0.05, 0.1) is 6.54 Å². The van der Waals surface area contributed by atoms with E-state index in [-0.39, 0.29) is 11.9 Å². The van der Waals surface area contributed by atoms with Crippen LogP contribution in [0.1, 0.15) is 24.6 Å². The predicted molar refractivity (Wildman–Crippen MR) is 131 cm³/mol. The Bertz CT molecular complexity index is 1130. The Labute approximate surface area is 204 Å². The van der Waals surface area contributed by atoms with E-state index in [9.17, 15) is 9.59 Å². The monoisotopic (exact) mass is 484 g/mol. The molecule has 2 fully saturated rings. The van der Waals surface area contributed by atoms with E-state index in [1.54, 1.807) is 7.05 Å². The summed E-state index contributed by atoms with van der Waals surface area (Å²) in [5.74, 6) is 1.02. The van der Waals surface area contributed by atoms with Gasteiger partial charge in [-0.25, -0.2) is 13.9 Å². The summed E-state index contributed by atoms with van der Waals surface area (Å²) in [6.07, 6.45) is 4.10. The van der Waals surface area contributed by atoms with Crippen molar-refractivity contribution in [1.82, 2.24) is 19.3 Å². The zero-order valence-corrected chi connectivity index (χ0v) is 20.7. The highest BCUT2D eigenvalue weighted by Gasteiger charge is 2.52. The van der Waals surface area contributed by atoms with Gasteiger partial charge in [-0.3, -0.25) is 19.5 Å². The molecule has 3 aliphatic heterocycles. The summed E-state index contributed by atoms with van der Waals surface area (Å²) in [5, 5.41) is 0.772. The van der Waals surface area contributed by atoms with Crippen molar-refractivity contribution in [2.24, 2.45) is 4.99 Å².